The minimum absolute atomic E-state index is 0.114. The lowest BCUT2D eigenvalue weighted by Gasteiger charge is -2.11. The Kier molecular flexibility index (Phi) is 3.86. The number of ether oxygens (including phenoxy) is 1. The van der Waals surface area contributed by atoms with Gasteiger partial charge in [0.05, 0.1) is 13.5 Å². The molecule has 16 heavy (non-hydrogen) atoms. The third-order valence-corrected chi connectivity index (χ3v) is 5.43. The number of carbonyl (C=O) groups excluding carboxylic acids is 1. The minimum Gasteiger partial charge on any atom is -0.469 e. The normalized spacial score (nSPS) is 17.1. The second-order valence-electron chi connectivity index (χ2n) is 3.86. The molecule has 0 aromatic carbocycles. The fourth-order valence-corrected chi connectivity index (χ4v) is 4.13. The first-order valence-electron chi connectivity index (χ1n) is 4.82. The predicted octanol–water partition coefficient (Wildman–Crippen LogP) is 2.74. The van der Waals surface area contributed by atoms with Crippen LogP contribution in [0.2, 0.25) is 0 Å². The van der Waals surface area contributed by atoms with Crippen molar-refractivity contribution in [2.75, 3.05) is 12.9 Å². The number of esters is 1. The first-order valence-corrected chi connectivity index (χ1v) is 7.42. The van der Waals surface area contributed by atoms with Gasteiger partial charge in [0.2, 0.25) is 0 Å². The molecular formula is C9H11BrN2O2S2. The summed E-state index contributed by atoms with van der Waals surface area (Å²) in [5.41, 5.74) is 0.149. The van der Waals surface area contributed by atoms with Crippen LogP contribution in [0.25, 0.3) is 0 Å². The second kappa shape index (κ2) is 5.01. The summed E-state index contributed by atoms with van der Waals surface area (Å²) in [7, 11) is 1.44. The molecule has 0 atom stereocenters. The van der Waals surface area contributed by atoms with Crippen LogP contribution in [-0.4, -0.2) is 29.0 Å². The Morgan fingerprint density at radius 3 is 2.88 bits per heavy atom. The van der Waals surface area contributed by atoms with Crippen LogP contribution in [-0.2, 0) is 9.53 Å². The molecule has 0 amide bonds. The maximum Gasteiger partial charge on any atom is 0.306 e. The fraction of sp³-hybridized carbons (Fsp3) is 0.667. The van der Waals surface area contributed by atoms with Gasteiger partial charge in [-0.1, -0.05) is 23.1 Å². The van der Waals surface area contributed by atoms with E-state index < -0.39 is 0 Å². The number of halogens is 1. The average Bonchev–Trinajstić information content (AvgIpc) is 2.90. The molecule has 1 aliphatic rings. The van der Waals surface area contributed by atoms with Crippen molar-refractivity contribution < 1.29 is 9.53 Å². The van der Waals surface area contributed by atoms with Crippen LogP contribution in [0.1, 0.15) is 19.3 Å². The Bertz CT molecular complexity index is 393. The topological polar surface area (TPSA) is 52.1 Å². The molecule has 0 radical (unpaired) electrons. The van der Waals surface area contributed by atoms with Crippen molar-refractivity contribution in [3.05, 3.63) is 3.92 Å². The Morgan fingerprint density at radius 2 is 2.38 bits per heavy atom. The van der Waals surface area contributed by atoms with Crippen LogP contribution < -0.4 is 0 Å². The van der Waals surface area contributed by atoms with Crippen LogP contribution in [0.3, 0.4) is 0 Å². The number of nitrogens with zero attached hydrogens (tertiary/aromatic N) is 2. The molecule has 1 aromatic rings. The third kappa shape index (κ3) is 3.18. The van der Waals surface area contributed by atoms with Gasteiger partial charge in [0.25, 0.3) is 0 Å². The molecule has 88 valence electrons. The van der Waals surface area contributed by atoms with Gasteiger partial charge in [-0.15, -0.1) is 10.2 Å². The molecule has 0 aliphatic heterocycles. The lowest BCUT2D eigenvalue weighted by Crippen LogP contribution is -2.12. The zero-order chi connectivity index (χ0) is 11.6. The second-order valence-corrected chi connectivity index (χ2v) is 7.34. The van der Waals surface area contributed by atoms with E-state index in [1.165, 1.54) is 18.4 Å². The summed E-state index contributed by atoms with van der Waals surface area (Å²) in [6.07, 6.45) is 2.74. The van der Waals surface area contributed by atoms with Crippen molar-refractivity contribution in [2.24, 2.45) is 5.41 Å². The molecule has 2 rings (SSSR count). The van der Waals surface area contributed by atoms with Crippen molar-refractivity contribution in [3.8, 4) is 0 Å². The first kappa shape index (κ1) is 12.3. The van der Waals surface area contributed by atoms with Gasteiger partial charge in [0, 0.05) is 5.75 Å². The van der Waals surface area contributed by atoms with Crippen molar-refractivity contribution in [1.29, 1.82) is 0 Å². The highest BCUT2D eigenvalue weighted by Gasteiger charge is 2.44. The number of hydrogen-bond acceptors (Lipinski definition) is 6. The van der Waals surface area contributed by atoms with Crippen molar-refractivity contribution in [1.82, 2.24) is 10.2 Å². The number of methoxy groups -OCH3 is 1. The highest BCUT2D eigenvalue weighted by atomic mass is 79.9. The Morgan fingerprint density at radius 1 is 1.62 bits per heavy atom. The van der Waals surface area contributed by atoms with E-state index in [1.807, 2.05) is 0 Å². The van der Waals surface area contributed by atoms with Gasteiger partial charge in [0.1, 0.15) is 0 Å². The summed E-state index contributed by atoms with van der Waals surface area (Å²) in [4.78, 5) is 11.2. The molecule has 0 unspecified atom stereocenters. The molecule has 1 saturated carbocycles. The van der Waals surface area contributed by atoms with Gasteiger partial charge in [-0.05, 0) is 34.2 Å². The number of hydrogen-bond donors (Lipinski definition) is 0. The molecule has 7 heteroatoms. The number of thioether (sulfide) groups is 1. The number of carbonyl (C=O) groups is 1. The molecule has 1 fully saturated rings. The molecule has 4 nitrogen and oxygen atoms in total. The summed E-state index contributed by atoms with van der Waals surface area (Å²) in [5.74, 6) is 0.806. The SMILES string of the molecule is COC(=O)CC1(CSc2nnc(Br)s2)CC1. The standard InChI is InChI=1S/C9H11BrN2O2S2/c1-14-6(13)4-9(2-3-9)5-15-8-12-11-7(10)16-8/h2-5H2,1H3. The van der Waals surface area contributed by atoms with E-state index in [1.54, 1.807) is 11.8 Å². The van der Waals surface area contributed by atoms with E-state index in [9.17, 15) is 4.79 Å². The summed E-state index contributed by atoms with van der Waals surface area (Å²) < 4.78 is 6.45. The van der Waals surface area contributed by atoms with Gasteiger partial charge in [0.15, 0.2) is 8.26 Å². The quantitative estimate of drug-likeness (QED) is 0.616. The van der Waals surface area contributed by atoms with E-state index in [2.05, 4.69) is 26.1 Å². The van der Waals surface area contributed by atoms with Crippen LogP contribution in [0, 0.1) is 5.41 Å². The minimum atomic E-state index is -0.114. The first-order chi connectivity index (χ1) is 7.63. The predicted molar refractivity (Wildman–Crippen MR) is 66.6 cm³/mol. The highest BCUT2D eigenvalue weighted by Crippen LogP contribution is 2.52. The number of aromatic nitrogens is 2. The van der Waals surface area contributed by atoms with Gasteiger partial charge in [-0.25, -0.2) is 0 Å². The van der Waals surface area contributed by atoms with Crippen LogP contribution in [0.15, 0.2) is 8.26 Å². The Balaban J connectivity index is 1.83. The molecule has 1 heterocycles. The monoisotopic (exact) mass is 322 g/mol. The van der Waals surface area contributed by atoms with Gasteiger partial charge in [-0.3, -0.25) is 4.79 Å². The van der Waals surface area contributed by atoms with Crippen molar-refractivity contribution in [3.63, 3.8) is 0 Å². The smallest absolute Gasteiger partial charge is 0.306 e. The molecule has 1 aliphatic carbocycles. The van der Waals surface area contributed by atoms with Crippen molar-refractivity contribution >= 4 is 45.0 Å². The summed E-state index contributed by atoms with van der Waals surface area (Å²) >= 11 is 6.47. The third-order valence-electron chi connectivity index (χ3n) is 2.59. The van der Waals surface area contributed by atoms with E-state index in [-0.39, 0.29) is 11.4 Å². The van der Waals surface area contributed by atoms with E-state index in [0.717, 1.165) is 26.9 Å². The summed E-state index contributed by atoms with van der Waals surface area (Å²) in [5, 5.41) is 7.90. The molecular weight excluding hydrogens is 312 g/mol. The maximum absolute atomic E-state index is 11.2. The highest BCUT2D eigenvalue weighted by molar-refractivity contribution is 9.11. The Hall–Kier alpha value is -0.140. The van der Waals surface area contributed by atoms with Crippen LogP contribution in [0.4, 0.5) is 0 Å². The summed E-state index contributed by atoms with van der Waals surface area (Å²) in [6.45, 7) is 0. The lowest BCUT2D eigenvalue weighted by molar-refractivity contribution is -0.141. The zero-order valence-corrected chi connectivity index (χ0v) is 12.0. The molecule has 1 aromatic heterocycles. The van der Waals surface area contributed by atoms with Crippen molar-refractivity contribution in [2.45, 2.75) is 23.6 Å². The Labute approximate surface area is 110 Å². The van der Waals surface area contributed by atoms with Crippen LogP contribution >= 0.6 is 39.0 Å². The zero-order valence-electron chi connectivity index (χ0n) is 8.73. The number of rotatable bonds is 5. The molecule has 0 spiro atoms. The fourth-order valence-electron chi connectivity index (χ4n) is 1.39. The lowest BCUT2D eigenvalue weighted by atomic mass is 10.1. The summed E-state index contributed by atoms with van der Waals surface area (Å²) in [6, 6.07) is 0. The van der Waals surface area contributed by atoms with Gasteiger partial charge in [-0.2, -0.15) is 0 Å². The van der Waals surface area contributed by atoms with Gasteiger partial charge < -0.3 is 4.74 Å². The van der Waals surface area contributed by atoms with E-state index in [0.29, 0.717) is 6.42 Å². The largest absolute Gasteiger partial charge is 0.469 e. The molecule has 0 bridgehead atoms. The molecule has 0 N–H and O–H groups in total. The van der Waals surface area contributed by atoms with Crippen LogP contribution in [0.5, 0.6) is 0 Å². The van der Waals surface area contributed by atoms with Gasteiger partial charge >= 0.3 is 5.97 Å². The average molecular weight is 323 g/mol. The maximum atomic E-state index is 11.2. The van der Waals surface area contributed by atoms with E-state index in [4.69, 9.17) is 4.74 Å². The molecule has 0 saturated heterocycles. The van der Waals surface area contributed by atoms with E-state index >= 15 is 0 Å².